The minimum Gasteiger partial charge on any atom is -0.394 e. The molecular formula is C19H19N5O5. The minimum atomic E-state index is -1.86. The molecule has 1 aliphatic heterocycles. The first kappa shape index (κ1) is 19.3. The molecule has 29 heavy (non-hydrogen) atoms. The number of hydrogen-bond acceptors (Lipinski definition) is 9. The second-order valence-corrected chi connectivity index (χ2v) is 6.46. The molecule has 10 heteroatoms. The summed E-state index contributed by atoms with van der Waals surface area (Å²) in [7, 11) is 1.42. The number of aromatic nitrogens is 4. The lowest BCUT2D eigenvalue weighted by Crippen LogP contribution is -2.46. The topological polar surface area (TPSA) is 135 Å². The maximum absolute atomic E-state index is 11.0. The van der Waals surface area contributed by atoms with Gasteiger partial charge in [0.25, 0.3) is 0 Å². The van der Waals surface area contributed by atoms with E-state index >= 15 is 0 Å². The quantitative estimate of drug-likeness (QED) is 0.342. The zero-order valence-corrected chi connectivity index (χ0v) is 15.5. The Hall–Kier alpha value is -3.07. The molecule has 3 atom stereocenters. The van der Waals surface area contributed by atoms with E-state index in [2.05, 4.69) is 32.3 Å². The number of rotatable bonds is 4. The van der Waals surface area contributed by atoms with Gasteiger partial charge in [0.2, 0.25) is 5.82 Å². The summed E-state index contributed by atoms with van der Waals surface area (Å²) in [5.74, 6) is 6.27. The van der Waals surface area contributed by atoms with Crippen LogP contribution in [-0.2, 0) is 15.3 Å². The van der Waals surface area contributed by atoms with Crippen molar-refractivity contribution in [3.05, 3.63) is 48.0 Å². The fraction of sp³-hybridized carbons (Fsp3) is 0.316. The molecule has 1 aliphatic rings. The Morgan fingerprint density at radius 1 is 1.31 bits per heavy atom. The van der Waals surface area contributed by atoms with Crippen molar-refractivity contribution in [2.75, 3.05) is 25.8 Å². The normalized spacial score (nSPS) is 23.7. The predicted molar refractivity (Wildman–Crippen MR) is 101 cm³/mol. The van der Waals surface area contributed by atoms with Gasteiger partial charge in [0, 0.05) is 5.56 Å². The zero-order valence-electron chi connectivity index (χ0n) is 15.5. The predicted octanol–water partition coefficient (Wildman–Crippen LogP) is -0.404. The van der Waals surface area contributed by atoms with Gasteiger partial charge in [-0.15, -0.1) is 0 Å². The molecule has 1 saturated heterocycles. The Bertz CT molecular complexity index is 1080. The molecule has 4 N–H and O–H groups in total. The van der Waals surface area contributed by atoms with Gasteiger partial charge in [-0.25, -0.2) is 15.4 Å². The van der Waals surface area contributed by atoms with E-state index in [9.17, 15) is 15.3 Å². The minimum absolute atomic E-state index is 0.165. The molecule has 0 radical (unpaired) electrons. The second-order valence-electron chi connectivity index (χ2n) is 6.46. The molecule has 0 spiro atoms. The Morgan fingerprint density at radius 2 is 2.10 bits per heavy atom. The highest BCUT2D eigenvalue weighted by Crippen LogP contribution is 2.32. The summed E-state index contributed by atoms with van der Waals surface area (Å²) in [4.78, 5) is 17.9. The molecule has 2 aromatic heterocycles. The van der Waals surface area contributed by atoms with Crippen LogP contribution in [0.15, 0.2) is 36.7 Å². The van der Waals surface area contributed by atoms with E-state index in [0.29, 0.717) is 5.52 Å². The highest BCUT2D eigenvalue weighted by atomic mass is 16.6. The Balaban J connectivity index is 1.82. The Kier molecular flexibility index (Phi) is 5.14. The van der Waals surface area contributed by atoms with Gasteiger partial charge in [0.05, 0.1) is 26.7 Å². The maximum Gasteiger partial charge on any atom is 0.209 e. The van der Waals surface area contributed by atoms with Crippen LogP contribution in [0.4, 0.5) is 5.82 Å². The highest BCUT2D eigenvalue weighted by Gasteiger charge is 2.50. The molecule has 0 unspecified atom stereocenters. The average molecular weight is 397 g/mol. The molecule has 1 fully saturated rings. The molecule has 0 saturated carbocycles. The van der Waals surface area contributed by atoms with Crippen LogP contribution in [-0.4, -0.2) is 67.4 Å². The SMILES string of the molecule is CONc1nc(C#Cc2ccccc2)nc2c1ncn2[C@@]1(O)CO[C@H](CO)[C@H]1O. The number of nitrogens with zero attached hydrogens (tertiary/aromatic N) is 4. The molecule has 1 aromatic carbocycles. The van der Waals surface area contributed by atoms with Crippen LogP contribution in [0.5, 0.6) is 0 Å². The summed E-state index contributed by atoms with van der Waals surface area (Å²) in [5, 5.41) is 30.8. The maximum atomic E-state index is 11.0. The molecule has 150 valence electrons. The number of fused-ring (bicyclic) bond motifs is 1. The van der Waals surface area contributed by atoms with Crippen LogP contribution in [0.1, 0.15) is 11.4 Å². The summed E-state index contributed by atoms with van der Waals surface area (Å²) in [6.45, 7) is -0.678. The first-order valence-electron chi connectivity index (χ1n) is 8.81. The number of benzene rings is 1. The summed E-state index contributed by atoms with van der Waals surface area (Å²) in [6, 6.07) is 9.34. The van der Waals surface area contributed by atoms with Gasteiger partial charge in [-0.1, -0.05) is 24.1 Å². The van der Waals surface area contributed by atoms with Crippen LogP contribution >= 0.6 is 0 Å². The lowest BCUT2D eigenvalue weighted by Gasteiger charge is -2.27. The fourth-order valence-electron chi connectivity index (χ4n) is 3.13. The van der Waals surface area contributed by atoms with E-state index in [1.165, 1.54) is 18.0 Å². The van der Waals surface area contributed by atoms with Crippen LogP contribution < -0.4 is 5.48 Å². The van der Waals surface area contributed by atoms with E-state index < -0.39 is 24.5 Å². The molecule has 4 rings (SSSR count). The molecule has 3 aromatic rings. The number of imidazole rings is 1. The van der Waals surface area contributed by atoms with Crippen molar-refractivity contribution in [3.63, 3.8) is 0 Å². The summed E-state index contributed by atoms with van der Waals surface area (Å²) >= 11 is 0. The number of anilines is 1. The third kappa shape index (κ3) is 3.42. The van der Waals surface area contributed by atoms with E-state index in [0.717, 1.165) is 5.56 Å². The number of hydrogen-bond donors (Lipinski definition) is 4. The fourth-order valence-corrected chi connectivity index (χ4v) is 3.13. The van der Waals surface area contributed by atoms with Crippen LogP contribution in [0.25, 0.3) is 11.2 Å². The third-order valence-corrected chi connectivity index (χ3v) is 4.62. The first-order valence-corrected chi connectivity index (χ1v) is 8.81. The van der Waals surface area contributed by atoms with Gasteiger partial charge in [-0.2, -0.15) is 4.98 Å². The molecule has 0 aliphatic carbocycles. The zero-order chi connectivity index (χ0) is 20.4. The molecule has 0 amide bonds. The molecule has 3 heterocycles. The van der Waals surface area contributed by atoms with Gasteiger partial charge in [-0.05, 0) is 18.1 Å². The van der Waals surface area contributed by atoms with Crippen molar-refractivity contribution in [1.82, 2.24) is 19.5 Å². The molecule has 10 nitrogen and oxygen atoms in total. The van der Waals surface area contributed by atoms with Crippen LogP contribution in [0.2, 0.25) is 0 Å². The van der Waals surface area contributed by atoms with E-state index in [1.807, 2.05) is 30.3 Å². The second kappa shape index (κ2) is 7.75. The Labute approximate surface area is 165 Å². The van der Waals surface area contributed by atoms with E-state index in [1.54, 1.807) is 0 Å². The standard InChI is InChI=1S/C19H19N5O5/c1-28-23-17-15-18(22-14(21-17)8-7-12-5-3-2-4-6-12)24(11-20-15)19(27)10-29-13(9-25)16(19)26/h2-6,11,13,16,25-27H,9-10H2,1H3,(H,21,22,23)/t13-,16-,19-/m1/s1. The van der Waals surface area contributed by atoms with Crippen molar-refractivity contribution in [2.45, 2.75) is 17.9 Å². The average Bonchev–Trinajstić information content (AvgIpc) is 3.30. The number of aliphatic hydroxyl groups is 3. The van der Waals surface area contributed by atoms with Gasteiger partial charge in [-0.3, -0.25) is 9.40 Å². The molecular weight excluding hydrogens is 378 g/mol. The number of ether oxygens (including phenoxy) is 1. The largest absolute Gasteiger partial charge is 0.394 e. The number of nitrogens with one attached hydrogen (secondary N) is 1. The Morgan fingerprint density at radius 3 is 2.79 bits per heavy atom. The highest BCUT2D eigenvalue weighted by molar-refractivity contribution is 5.83. The number of aliphatic hydroxyl groups excluding tert-OH is 2. The van der Waals surface area contributed by atoms with E-state index in [4.69, 9.17) is 9.57 Å². The van der Waals surface area contributed by atoms with Crippen molar-refractivity contribution >= 4 is 17.0 Å². The van der Waals surface area contributed by atoms with Gasteiger partial charge < -0.3 is 20.1 Å². The van der Waals surface area contributed by atoms with Crippen molar-refractivity contribution in [3.8, 4) is 11.8 Å². The summed E-state index contributed by atoms with van der Waals surface area (Å²) in [5.41, 5.74) is 2.09. The monoisotopic (exact) mass is 397 g/mol. The first-order chi connectivity index (χ1) is 14.1. The van der Waals surface area contributed by atoms with E-state index in [-0.39, 0.29) is 23.9 Å². The van der Waals surface area contributed by atoms with Gasteiger partial charge in [0.1, 0.15) is 12.2 Å². The lowest BCUT2D eigenvalue weighted by molar-refractivity contribution is -0.110. The van der Waals surface area contributed by atoms with Crippen molar-refractivity contribution in [2.24, 2.45) is 0 Å². The van der Waals surface area contributed by atoms with Crippen LogP contribution in [0, 0.1) is 11.8 Å². The smallest absolute Gasteiger partial charge is 0.209 e. The summed E-state index contributed by atoms with van der Waals surface area (Å²) in [6.07, 6.45) is -0.980. The lowest BCUT2D eigenvalue weighted by atomic mass is 10.1. The van der Waals surface area contributed by atoms with Gasteiger partial charge >= 0.3 is 0 Å². The molecule has 0 bridgehead atoms. The van der Waals surface area contributed by atoms with Crippen LogP contribution in [0.3, 0.4) is 0 Å². The van der Waals surface area contributed by atoms with Crippen molar-refractivity contribution in [1.29, 1.82) is 0 Å². The van der Waals surface area contributed by atoms with Gasteiger partial charge in [0.15, 0.2) is 22.7 Å². The summed E-state index contributed by atoms with van der Waals surface area (Å²) < 4.78 is 6.60. The van der Waals surface area contributed by atoms with Crippen molar-refractivity contribution < 1.29 is 24.9 Å². The third-order valence-electron chi connectivity index (χ3n) is 4.62.